The molecule has 0 aliphatic carbocycles. The summed E-state index contributed by atoms with van der Waals surface area (Å²) in [4.78, 5) is 0. The van der Waals surface area contributed by atoms with Gasteiger partial charge < -0.3 is 5.32 Å². The molecule has 0 aliphatic heterocycles. The second-order valence-corrected chi connectivity index (χ2v) is 7.41. The molecule has 4 aromatic carbocycles. The summed E-state index contributed by atoms with van der Waals surface area (Å²) in [5.74, 6) is 0. The Labute approximate surface area is 156 Å². The predicted molar refractivity (Wildman–Crippen MR) is 114 cm³/mol. The molecule has 0 bridgehead atoms. The molecular formula is C24H17NS. The van der Waals surface area contributed by atoms with Crippen molar-refractivity contribution in [2.45, 2.75) is 0 Å². The summed E-state index contributed by atoms with van der Waals surface area (Å²) < 4.78 is 2.67. The lowest BCUT2D eigenvalue weighted by atomic mass is 10.0. The summed E-state index contributed by atoms with van der Waals surface area (Å²) in [5.41, 5.74) is 4.75. The highest BCUT2D eigenvalue weighted by atomic mass is 32.1. The Balaban J connectivity index is 1.77. The molecule has 0 radical (unpaired) electrons. The second-order valence-electron chi connectivity index (χ2n) is 6.36. The Bertz CT molecular complexity index is 1190. The lowest BCUT2D eigenvalue weighted by Gasteiger charge is -2.11. The molecule has 0 spiro atoms. The molecule has 5 rings (SSSR count). The van der Waals surface area contributed by atoms with Gasteiger partial charge in [-0.2, -0.15) is 0 Å². The fraction of sp³-hybridized carbons (Fsp3) is 0. The molecule has 1 N–H and O–H groups in total. The first-order valence-electron chi connectivity index (χ1n) is 8.71. The number of hydrogen-bond donors (Lipinski definition) is 1. The molecule has 1 nitrogen and oxygen atoms in total. The number of benzene rings is 4. The van der Waals surface area contributed by atoms with Gasteiger partial charge in [-0.3, -0.25) is 0 Å². The van der Waals surface area contributed by atoms with Gasteiger partial charge in [-0.25, -0.2) is 0 Å². The summed E-state index contributed by atoms with van der Waals surface area (Å²) in [6.45, 7) is 0. The first kappa shape index (κ1) is 15.2. The number of fused-ring (bicyclic) bond motifs is 3. The van der Waals surface area contributed by atoms with Gasteiger partial charge in [0.15, 0.2) is 0 Å². The van der Waals surface area contributed by atoms with E-state index < -0.39 is 0 Å². The van der Waals surface area contributed by atoms with E-state index in [0.29, 0.717) is 0 Å². The summed E-state index contributed by atoms with van der Waals surface area (Å²) in [7, 11) is 0. The second kappa shape index (κ2) is 6.32. The fourth-order valence-electron chi connectivity index (χ4n) is 3.42. The largest absolute Gasteiger partial charge is 0.355 e. The number of hydrogen-bond acceptors (Lipinski definition) is 2. The van der Waals surface area contributed by atoms with Crippen LogP contribution in [0.25, 0.3) is 31.3 Å². The van der Waals surface area contributed by atoms with Gasteiger partial charge in [0, 0.05) is 37.1 Å². The fourth-order valence-corrected chi connectivity index (χ4v) is 4.64. The number of rotatable bonds is 3. The molecule has 1 heterocycles. The normalized spacial score (nSPS) is 11.1. The Morgan fingerprint density at radius 2 is 1.27 bits per heavy atom. The van der Waals surface area contributed by atoms with E-state index in [2.05, 4.69) is 96.3 Å². The van der Waals surface area contributed by atoms with Crippen LogP contribution in [0, 0.1) is 0 Å². The van der Waals surface area contributed by atoms with Gasteiger partial charge in [0.1, 0.15) is 0 Å². The van der Waals surface area contributed by atoms with E-state index in [1.165, 1.54) is 31.3 Å². The number of nitrogens with one attached hydrogen (secondary N) is 1. The highest BCUT2D eigenvalue weighted by Gasteiger charge is 2.12. The Hall–Kier alpha value is -3.10. The zero-order valence-electron chi connectivity index (χ0n) is 14.1. The van der Waals surface area contributed by atoms with E-state index in [9.17, 15) is 0 Å². The maximum absolute atomic E-state index is 3.57. The maximum atomic E-state index is 3.57. The third-order valence-electron chi connectivity index (χ3n) is 4.63. The van der Waals surface area contributed by atoms with Crippen LogP contribution in [0.5, 0.6) is 0 Å². The van der Waals surface area contributed by atoms with Gasteiger partial charge in [0.25, 0.3) is 0 Å². The van der Waals surface area contributed by atoms with E-state index in [0.717, 1.165) is 11.4 Å². The van der Waals surface area contributed by atoms with Crippen LogP contribution >= 0.6 is 11.3 Å². The van der Waals surface area contributed by atoms with Crippen LogP contribution in [-0.2, 0) is 0 Å². The minimum Gasteiger partial charge on any atom is -0.355 e. The molecule has 2 heteroatoms. The zero-order chi connectivity index (χ0) is 17.3. The Morgan fingerprint density at radius 3 is 2.08 bits per heavy atom. The minimum atomic E-state index is 1.10. The van der Waals surface area contributed by atoms with Crippen LogP contribution in [0.1, 0.15) is 0 Å². The monoisotopic (exact) mass is 351 g/mol. The molecule has 0 unspecified atom stereocenters. The van der Waals surface area contributed by atoms with Crippen molar-refractivity contribution in [1.29, 1.82) is 0 Å². The minimum absolute atomic E-state index is 1.10. The van der Waals surface area contributed by atoms with Crippen molar-refractivity contribution in [3.05, 3.63) is 97.1 Å². The van der Waals surface area contributed by atoms with E-state index >= 15 is 0 Å². The molecule has 0 atom stereocenters. The highest BCUT2D eigenvalue weighted by Crippen LogP contribution is 2.42. The van der Waals surface area contributed by atoms with Crippen LogP contribution in [0.3, 0.4) is 0 Å². The van der Waals surface area contributed by atoms with Crippen molar-refractivity contribution in [3.63, 3.8) is 0 Å². The van der Waals surface area contributed by atoms with Crippen molar-refractivity contribution >= 4 is 42.9 Å². The van der Waals surface area contributed by atoms with Gasteiger partial charge in [0.05, 0.1) is 0 Å². The van der Waals surface area contributed by atoms with Gasteiger partial charge in [-0.15, -0.1) is 11.3 Å². The predicted octanol–water partition coefficient (Wildman–Crippen LogP) is 7.47. The lowest BCUT2D eigenvalue weighted by Crippen LogP contribution is -1.90. The average Bonchev–Trinajstić information content (AvgIpc) is 3.08. The quantitative estimate of drug-likeness (QED) is 0.355. The summed E-state index contributed by atoms with van der Waals surface area (Å²) in [5, 5.41) is 6.20. The molecule has 1 aromatic heterocycles. The Morgan fingerprint density at radius 1 is 0.577 bits per heavy atom. The maximum Gasteiger partial charge on any atom is 0.0435 e. The average molecular weight is 351 g/mol. The van der Waals surface area contributed by atoms with E-state index in [4.69, 9.17) is 0 Å². The summed E-state index contributed by atoms with van der Waals surface area (Å²) in [6.07, 6.45) is 0. The van der Waals surface area contributed by atoms with E-state index in [-0.39, 0.29) is 0 Å². The molecule has 0 saturated carbocycles. The smallest absolute Gasteiger partial charge is 0.0435 e. The lowest BCUT2D eigenvalue weighted by molar-refractivity contribution is 1.57. The molecular weight excluding hydrogens is 334 g/mol. The standard InChI is InChI=1S/C24H17NS/c1-3-9-17(10-4-1)21-15-19(25-18-11-5-2-6-12-18)16-22-20-13-7-8-14-23(20)26-24(21)22/h1-16,25H. The van der Waals surface area contributed by atoms with Crippen LogP contribution < -0.4 is 5.32 Å². The number of anilines is 2. The van der Waals surface area contributed by atoms with Crippen LogP contribution in [0.15, 0.2) is 97.1 Å². The van der Waals surface area contributed by atoms with Gasteiger partial charge >= 0.3 is 0 Å². The van der Waals surface area contributed by atoms with Gasteiger partial charge in [-0.05, 0) is 35.9 Å². The highest BCUT2D eigenvalue weighted by molar-refractivity contribution is 7.26. The topological polar surface area (TPSA) is 12.0 Å². The van der Waals surface area contributed by atoms with Crippen molar-refractivity contribution in [2.75, 3.05) is 5.32 Å². The Kier molecular flexibility index (Phi) is 3.69. The van der Waals surface area contributed by atoms with E-state index in [1.807, 2.05) is 17.4 Å². The molecule has 0 aliphatic rings. The van der Waals surface area contributed by atoms with Crippen molar-refractivity contribution in [3.8, 4) is 11.1 Å². The van der Waals surface area contributed by atoms with Gasteiger partial charge in [0.2, 0.25) is 0 Å². The van der Waals surface area contributed by atoms with E-state index in [1.54, 1.807) is 0 Å². The molecule has 5 aromatic rings. The summed E-state index contributed by atoms with van der Waals surface area (Å²) >= 11 is 1.87. The van der Waals surface area contributed by atoms with Crippen LogP contribution in [0.2, 0.25) is 0 Å². The van der Waals surface area contributed by atoms with Crippen molar-refractivity contribution < 1.29 is 0 Å². The van der Waals surface area contributed by atoms with Gasteiger partial charge in [-0.1, -0.05) is 66.7 Å². The van der Waals surface area contributed by atoms with Crippen LogP contribution in [0.4, 0.5) is 11.4 Å². The van der Waals surface area contributed by atoms with Crippen molar-refractivity contribution in [1.82, 2.24) is 0 Å². The molecule has 0 amide bonds. The first-order chi connectivity index (χ1) is 12.9. The molecule has 26 heavy (non-hydrogen) atoms. The SMILES string of the molecule is c1ccc(Nc2cc(-c3ccccc3)c3sc4ccccc4c3c2)cc1. The summed E-state index contributed by atoms with van der Waals surface area (Å²) in [6, 6.07) is 34.2. The third kappa shape index (κ3) is 2.65. The van der Waals surface area contributed by atoms with Crippen molar-refractivity contribution in [2.24, 2.45) is 0 Å². The zero-order valence-corrected chi connectivity index (χ0v) is 15.0. The first-order valence-corrected chi connectivity index (χ1v) is 9.53. The molecule has 124 valence electrons. The number of para-hydroxylation sites is 1. The third-order valence-corrected chi connectivity index (χ3v) is 5.85. The number of thiophene rings is 1. The molecule has 0 fully saturated rings. The van der Waals surface area contributed by atoms with Crippen LogP contribution in [-0.4, -0.2) is 0 Å². The molecule has 0 saturated heterocycles.